The molecule has 0 saturated carbocycles. The molecule has 1 amide bonds. The number of aryl methyl sites for hydroxylation is 1. The van der Waals surface area contributed by atoms with E-state index in [2.05, 4.69) is 5.32 Å². The van der Waals surface area contributed by atoms with E-state index in [0.717, 1.165) is 0 Å². The number of nitrogens with one attached hydrogen (secondary N) is 1. The fourth-order valence-corrected chi connectivity index (χ4v) is 3.43. The number of rotatable bonds is 5. The van der Waals surface area contributed by atoms with Gasteiger partial charge in [-0.1, -0.05) is 18.2 Å². The highest BCUT2D eigenvalue weighted by Gasteiger charge is 2.15. The van der Waals surface area contributed by atoms with Crippen LogP contribution in [0, 0.1) is 18.3 Å². The molecule has 0 spiro atoms. The third-order valence-corrected chi connectivity index (χ3v) is 5.39. The largest absolute Gasteiger partial charge is 0.348 e. The van der Waals surface area contributed by atoms with Crippen molar-refractivity contribution in [2.75, 3.05) is 0 Å². The number of benzene rings is 2. The summed E-state index contributed by atoms with van der Waals surface area (Å²) in [7, 11) is -3.79. The maximum absolute atomic E-state index is 12.9. The third kappa shape index (κ3) is 4.46. The molecule has 0 aliphatic rings. The van der Waals surface area contributed by atoms with Crippen molar-refractivity contribution in [1.29, 1.82) is 5.26 Å². The monoisotopic (exact) mass is 422 g/mol. The molecule has 0 aliphatic carbocycles. The minimum Gasteiger partial charge on any atom is -0.348 e. The van der Waals surface area contributed by atoms with Gasteiger partial charge in [-0.2, -0.15) is 5.26 Å². The molecule has 0 radical (unpaired) electrons. The Hall–Kier alpha value is -3.74. The van der Waals surface area contributed by atoms with Gasteiger partial charge in [0.2, 0.25) is 10.0 Å². The average molecular weight is 422 g/mol. The van der Waals surface area contributed by atoms with Crippen LogP contribution in [0.15, 0.2) is 70.4 Å². The third-order valence-electron chi connectivity index (χ3n) is 4.46. The summed E-state index contributed by atoms with van der Waals surface area (Å²) in [5.41, 5.74) is 1.59. The van der Waals surface area contributed by atoms with E-state index in [1.807, 2.05) is 6.07 Å². The van der Waals surface area contributed by atoms with Crippen molar-refractivity contribution in [3.8, 4) is 11.8 Å². The summed E-state index contributed by atoms with van der Waals surface area (Å²) >= 11 is 0. The Bertz CT molecular complexity index is 1320. The molecule has 0 unspecified atom stereocenters. The second kappa shape index (κ2) is 8.32. The Morgan fingerprint density at radius 3 is 2.47 bits per heavy atom. The van der Waals surface area contributed by atoms with Gasteiger partial charge in [0.05, 0.1) is 22.2 Å². The highest BCUT2D eigenvalue weighted by atomic mass is 32.2. The van der Waals surface area contributed by atoms with Crippen LogP contribution in [0.4, 0.5) is 0 Å². The number of nitrogens with two attached hydrogens (primary N) is 1. The van der Waals surface area contributed by atoms with Gasteiger partial charge in [0.15, 0.2) is 0 Å². The van der Waals surface area contributed by atoms with Crippen LogP contribution in [0.25, 0.3) is 5.69 Å². The zero-order chi connectivity index (χ0) is 21.9. The van der Waals surface area contributed by atoms with Crippen molar-refractivity contribution in [3.63, 3.8) is 0 Å². The number of nitriles is 1. The van der Waals surface area contributed by atoms with Gasteiger partial charge in [0.25, 0.3) is 11.5 Å². The van der Waals surface area contributed by atoms with Gasteiger partial charge in [-0.05, 0) is 55.0 Å². The van der Waals surface area contributed by atoms with Crippen molar-refractivity contribution >= 4 is 15.9 Å². The van der Waals surface area contributed by atoms with E-state index in [0.29, 0.717) is 22.5 Å². The van der Waals surface area contributed by atoms with Crippen molar-refractivity contribution in [3.05, 3.63) is 93.4 Å². The predicted octanol–water partition coefficient (Wildman–Crippen LogP) is 1.59. The first-order chi connectivity index (χ1) is 14.2. The number of primary sulfonamides is 1. The lowest BCUT2D eigenvalue weighted by atomic mass is 10.1. The highest BCUT2D eigenvalue weighted by Crippen LogP contribution is 2.12. The number of pyridine rings is 1. The number of amides is 1. The van der Waals surface area contributed by atoms with E-state index >= 15 is 0 Å². The summed E-state index contributed by atoms with van der Waals surface area (Å²) in [6.45, 7) is 1.83. The fourth-order valence-electron chi connectivity index (χ4n) is 2.91. The molecule has 8 nitrogen and oxygen atoms in total. The van der Waals surface area contributed by atoms with E-state index in [-0.39, 0.29) is 17.0 Å². The van der Waals surface area contributed by atoms with Gasteiger partial charge in [-0.25, -0.2) is 13.6 Å². The smallest absolute Gasteiger partial charge is 0.268 e. The van der Waals surface area contributed by atoms with Gasteiger partial charge in [-0.15, -0.1) is 0 Å². The molecule has 0 saturated heterocycles. The Balaban J connectivity index is 1.85. The molecule has 0 aliphatic heterocycles. The molecule has 3 rings (SSSR count). The summed E-state index contributed by atoms with van der Waals surface area (Å²) in [6, 6.07) is 17.4. The number of carbonyl (C=O) groups is 1. The molecule has 30 heavy (non-hydrogen) atoms. The first-order valence-electron chi connectivity index (χ1n) is 8.84. The first-order valence-corrected chi connectivity index (χ1v) is 10.4. The Morgan fingerprint density at radius 1 is 1.13 bits per heavy atom. The average Bonchev–Trinajstić information content (AvgIpc) is 2.72. The van der Waals surface area contributed by atoms with Gasteiger partial charge in [0.1, 0.15) is 5.56 Å². The molecule has 3 N–H and O–H groups in total. The molecule has 1 aromatic heterocycles. The Labute approximate surface area is 173 Å². The minimum atomic E-state index is -3.79. The van der Waals surface area contributed by atoms with Crippen molar-refractivity contribution in [1.82, 2.24) is 9.88 Å². The molecule has 9 heteroatoms. The second-order valence-corrected chi connectivity index (χ2v) is 8.12. The molecule has 152 valence electrons. The Kier molecular flexibility index (Phi) is 5.82. The SMILES string of the molecule is Cc1ccc(C(=O)NCc2ccc(S(N)(=O)=O)cc2)c(=O)n1-c1cccc(C#N)c1. The van der Waals surface area contributed by atoms with Gasteiger partial charge in [-0.3, -0.25) is 14.2 Å². The quantitative estimate of drug-likeness (QED) is 0.644. The van der Waals surface area contributed by atoms with Crippen LogP contribution in [-0.4, -0.2) is 18.9 Å². The van der Waals surface area contributed by atoms with E-state index in [1.54, 1.807) is 37.3 Å². The molecule has 0 atom stereocenters. The summed E-state index contributed by atoms with van der Waals surface area (Å²) in [4.78, 5) is 25.5. The Morgan fingerprint density at radius 2 is 1.83 bits per heavy atom. The number of aromatic nitrogens is 1. The molecule has 1 heterocycles. The lowest BCUT2D eigenvalue weighted by Gasteiger charge is -2.12. The van der Waals surface area contributed by atoms with Crippen molar-refractivity contribution in [2.45, 2.75) is 18.4 Å². The predicted molar refractivity (Wildman–Crippen MR) is 110 cm³/mol. The minimum absolute atomic E-state index is 0.0291. The van der Waals surface area contributed by atoms with Crippen molar-refractivity contribution < 1.29 is 13.2 Å². The zero-order valence-corrected chi connectivity index (χ0v) is 16.8. The lowest BCUT2D eigenvalue weighted by molar-refractivity contribution is 0.0949. The van der Waals surface area contributed by atoms with E-state index in [9.17, 15) is 18.0 Å². The first kappa shape index (κ1) is 21.0. The standard InChI is InChI=1S/C21H18N4O4S/c1-14-5-10-19(21(27)25(14)17-4-2-3-16(11-17)12-22)20(26)24-13-15-6-8-18(9-7-15)30(23,28)29/h2-11H,13H2,1H3,(H,24,26)(H2,23,28,29). The van der Waals surface area contributed by atoms with E-state index in [1.165, 1.54) is 34.9 Å². The van der Waals surface area contributed by atoms with Gasteiger partial charge < -0.3 is 5.32 Å². The topological polar surface area (TPSA) is 135 Å². The van der Waals surface area contributed by atoms with E-state index in [4.69, 9.17) is 10.4 Å². The number of carbonyl (C=O) groups excluding carboxylic acids is 1. The summed E-state index contributed by atoms with van der Waals surface area (Å²) < 4.78 is 24.0. The number of hydrogen-bond donors (Lipinski definition) is 2. The van der Waals surface area contributed by atoms with E-state index < -0.39 is 21.5 Å². The molecular weight excluding hydrogens is 404 g/mol. The highest BCUT2D eigenvalue weighted by molar-refractivity contribution is 7.89. The van der Waals surface area contributed by atoms with Gasteiger partial charge in [0, 0.05) is 12.2 Å². The lowest BCUT2D eigenvalue weighted by Crippen LogP contribution is -2.33. The summed E-state index contributed by atoms with van der Waals surface area (Å²) in [5, 5.41) is 16.8. The molecule has 2 aromatic carbocycles. The summed E-state index contributed by atoms with van der Waals surface area (Å²) in [6.07, 6.45) is 0. The maximum Gasteiger partial charge on any atom is 0.268 e. The molecule has 0 bridgehead atoms. The van der Waals surface area contributed by atoms with Crippen LogP contribution in [0.1, 0.15) is 27.2 Å². The zero-order valence-electron chi connectivity index (χ0n) is 16.0. The van der Waals surface area contributed by atoms with Gasteiger partial charge >= 0.3 is 0 Å². The number of sulfonamides is 1. The van der Waals surface area contributed by atoms with Crippen LogP contribution in [0.5, 0.6) is 0 Å². The van der Waals surface area contributed by atoms with Crippen LogP contribution in [0.2, 0.25) is 0 Å². The normalized spacial score (nSPS) is 11.0. The fraction of sp³-hybridized carbons (Fsp3) is 0.0952. The van der Waals surface area contributed by atoms with Crippen LogP contribution < -0.4 is 16.0 Å². The summed E-state index contributed by atoms with van der Waals surface area (Å²) in [5.74, 6) is -0.569. The van der Waals surface area contributed by atoms with Crippen LogP contribution >= 0.6 is 0 Å². The molecular formula is C21H18N4O4S. The molecule has 0 fully saturated rings. The van der Waals surface area contributed by atoms with Crippen LogP contribution in [-0.2, 0) is 16.6 Å². The second-order valence-electron chi connectivity index (χ2n) is 6.56. The van der Waals surface area contributed by atoms with Crippen molar-refractivity contribution in [2.24, 2.45) is 5.14 Å². The van der Waals surface area contributed by atoms with Crippen LogP contribution in [0.3, 0.4) is 0 Å². The number of nitrogens with zero attached hydrogens (tertiary/aromatic N) is 2. The molecule has 3 aromatic rings. The maximum atomic E-state index is 12.9. The number of hydrogen-bond acceptors (Lipinski definition) is 5.